The van der Waals surface area contributed by atoms with Gasteiger partial charge in [0, 0.05) is 0 Å². The van der Waals surface area contributed by atoms with Crippen LogP contribution in [-0.4, -0.2) is 23.7 Å². The van der Waals surface area contributed by atoms with Crippen molar-refractivity contribution >= 4 is 62.0 Å². The molecule has 28 heavy (non-hydrogen) atoms. The second kappa shape index (κ2) is 9.23. The van der Waals surface area contributed by atoms with E-state index in [2.05, 4.69) is 15.5 Å². The normalized spacial score (nSPS) is 11.2. The summed E-state index contributed by atoms with van der Waals surface area (Å²) in [5.41, 5.74) is 10.5. The molecule has 0 radical (unpaired) electrons. The van der Waals surface area contributed by atoms with E-state index in [0.717, 1.165) is 22.2 Å². The first kappa shape index (κ1) is 20.4. The Bertz CT molecular complexity index is 1010. The van der Waals surface area contributed by atoms with E-state index in [1.54, 1.807) is 12.1 Å². The van der Waals surface area contributed by atoms with Crippen molar-refractivity contribution in [1.29, 1.82) is 0 Å². The molecule has 3 aromatic rings. The number of hydrogen-bond acceptors (Lipinski definition) is 6. The summed E-state index contributed by atoms with van der Waals surface area (Å²) in [6, 6.07) is 8.95. The SMILES string of the molecule is CCCOc1c(Cl)cc(/C=N\NC(=O)Cc2ccc3nc(N)sc3c2)cc1Cl. The zero-order valence-electron chi connectivity index (χ0n) is 15.0. The number of amides is 1. The van der Waals surface area contributed by atoms with Crippen molar-refractivity contribution < 1.29 is 9.53 Å². The molecule has 0 aliphatic rings. The number of nitrogen functional groups attached to an aromatic ring is 1. The Kier molecular flexibility index (Phi) is 6.72. The maximum Gasteiger partial charge on any atom is 0.244 e. The molecule has 6 nitrogen and oxygen atoms in total. The number of hydrogen-bond donors (Lipinski definition) is 2. The molecule has 1 amide bonds. The Morgan fingerprint density at radius 2 is 2.07 bits per heavy atom. The number of carbonyl (C=O) groups is 1. The second-order valence-electron chi connectivity index (χ2n) is 5.99. The van der Waals surface area contributed by atoms with Gasteiger partial charge in [0.15, 0.2) is 10.9 Å². The number of benzene rings is 2. The fourth-order valence-corrected chi connectivity index (χ4v) is 3.91. The molecule has 0 unspecified atom stereocenters. The summed E-state index contributed by atoms with van der Waals surface area (Å²) in [4.78, 5) is 16.3. The molecule has 1 heterocycles. The Labute approximate surface area is 176 Å². The van der Waals surface area contributed by atoms with E-state index in [-0.39, 0.29) is 12.3 Å². The zero-order chi connectivity index (χ0) is 20.1. The van der Waals surface area contributed by atoms with Crippen LogP contribution in [0.5, 0.6) is 5.75 Å². The predicted octanol–water partition coefficient (Wildman–Crippen LogP) is 4.67. The molecule has 2 aromatic carbocycles. The minimum absolute atomic E-state index is 0.191. The molecule has 146 valence electrons. The number of anilines is 1. The highest BCUT2D eigenvalue weighted by Crippen LogP contribution is 2.34. The van der Waals surface area contributed by atoms with Crippen molar-refractivity contribution in [3.05, 3.63) is 51.5 Å². The summed E-state index contributed by atoms with van der Waals surface area (Å²) >= 11 is 13.8. The molecule has 1 aromatic heterocycles. The van der Waals surface area contributed by atoms with Gasteiger partial charge in [0.25, 0.3) is 0 Å². The zero-order valence-corrected chi connectivity index (χ0v) is 17.4. The first-order valence-electron chi connectivity index (χ1n) is 8.55. The molecule has 0 atom stereocenters. The molecule has 0 aliphatic carbocycles. The van der Waals surface area contributed by atoms with Crippen molar-refractivity contribution in [2.24, 2.45) is 5.10 Å². The number of nitrogens with two attached hydrogens (primary N) is 1. The van der Waals surface area contributed by atoms with Gasteiger partial charge in [-0.2, -0.15) is 5.10 Å². The number of hydrazone groups is 1. The number of rotatable bonds is 7. The van der Waals surface area contributed by atoms with E-state index in [1.165, 1.54) is 17.6 Å². The van der Waals surface area contributed by atoms with Crippen molar-refractivity contribution in [3.8, 4) is 5.75 Å². The predicted molar refractivity (Wildman–Crippen MR) is 116 cm³/mol. The van der Waals surface area contributed by atoms with Crippen LogP contribution >= 0.6 is 34.5 Å². The van der Waals surface area contributed by atoms with Crippen molar-refractivity contribution in [1.82, 2.24) is 10.4 Å². The molecule has 0 saturated heterocycles. The molecule has 0 aliphatic heterocycles. The van der Waals surface area contributed by atoms with Gasteiger partial charge < -0.3 is 10.5 Å². The van der Waals surface area contributed by atoms with Crippen molar-refractivity contribution in [2.75, 3.05) is 12.3 Å². The molecular weight excluding hydrogens is 419 g/mol. The van der Waals surface area contributed by atoms with Crippen LogP contribution in [-0.2, 0) is 11.2 Å². The van der Waals surface area contributed by atoms with Crippen LogP contribution in [0.4, 0.5) is 5.13 Å². The lowest BCUT2D eigenvalue weighted by molar-refractivity contribution is -0.120. The van der Waals surface area contributed by atoms with E-state index in [4.69, 9.17) is 33.7 Å². The van der Waals surface area contributed by atoms with E-state index in [1.807, 2.05) is 25.1 Å². The van der Waals surface area contributed by atoms with Gasteiger partial charge in [-0.05, 0) is 41.8 Å². The molecule has 3 N–H and O–H groups in total. The van der Waals surface area contributed by atoms with Gasteiger partial charge in [-0.1, -0.05) is 47.5 Å². The van der Waals surface area contributed by atoms with E-state index >= 15 is 0 Å². The second-order valence-corrected chi connectivity index (χ2v) is 7.86. The van der Waals surface area contributed by atoms with Crippen LogP contribution in [0.1, 0.15) is 24.5 Å². The monoisotopic (exact) mass is 436 g/mol. The number of nitrogens with zero attached hydrogens (tertiary/aromatic N) is 2. The fraction of sp³-hybridized carbons (Fsp3) is 0.211. The third-order valence-electron chi connectivity index (χ3n) is 3.71. The van der Waals surface area contributed by atoms with E-state index < -0.39 is 0 Å². The number of carbonyl (C=O) groups excluding carboxylic acids is 1. The Morgan fingerprint density at radius 3 is 2.79 bits per heavy atom. The highest BCUT2D eigenvalue weighted by atomic mass is 35.5. The topological polar surface area (TPSA) is 89.6 Å². The lowest BCUT2D eigenvalue weighted by Crippen LogP contribution is -2.19. The van der Waals surface area contributed by atoms with E-state index in [0.29, 0.717) is 33.1 Å². The van der Waals surface area contributed by atoms with Gasteiger partial charge in [-0.3, -0.25) is 4.79 Å². The number of aromatic nitrogens is 1. The van der Waals surface area contributed by atoms with Gasteiger partial charge in [-0.15, -0.1) is 0 Å². The first-order valence-corrected chi connectivity index (χ1v) is 10.1. The maximum atomic E-state index is 12.1. The van der Waals surface area contributed by atoms with Crippen LogP contribution in [0.3, 0.4) is 0 Å². The van der Waals surface area contributed by atoms with E-state index in [9.17, 15) is 4.79 Å². The Hall–Kier alpha value is -2.35. The number of nitrogens with one attached hydrogen (secondary N) is 1. The average molecular weight is 437 g/mol. The lowest BCUT2D eigenvalue weighted by atomic mass is 10.1. The highest BCUT2D eigenvalue weighted by Gasteiger charge is 2.09. The highest BCUT2D eigenvalue weighted by molar-refractivity contribution is 7.22. The van der Waals surface area contributed by atoms with Gasteiger partial charge in [-0.25, -0.2) is 10.4 Å². The number of fused-ring (bicyclic) bond motifs is 1. The molecule has 0 fully saturated rings. The third kappa shape index (κ3) is 5.13. The molecule has 3 rings (SSSR count). The summed E-state index contributed by atoms with van der Waals surface area (Å²) in [6.07, 6.45) is 2.52. The number of ether oxygens (including phenoxy) is 1. The van der Waals surface area contributed by atoms with Crippen molar-refractivity contribution in [2.45, 2.75) is 19.8 Å². The van der Waals surface area contributed by atoms with Gasteiger partial charge in [0.05, 0.1) is 39.5 Å². The smallest absolute Gasteiger partial charge is 0.244 e. The maximum absolute atomic E-state index is 12.1. The van der Waals surface area contributed by atoms with Gasteiger partial charge in [0.1, 0.15) is 0 Å². The standard InChI is InChI=1S/C19H18Cl2N4O2S/c1-2-5-27-18-13(20)6-12(7-14(18)21)10-23-25-17(26)9-11-3-4-15-16(8-11)28-19(22)24-15/h3-4,6-8,10H,2,5,9H2,1H3,(H2,22,24)(H,25,26)/b23-10-. The number of halogens is 2. The Morgan fingerprint density at radius 1 is 1.32 bits per heavy atom. The summed E-state index contributed by atoms with van der Waals surface area (Å²) in [5.74, 6) is 0.207. The lowest BCUT2D eigenvalue weighted by Gasteiger charge is -2.09. The summed E-state index contributed by atoms with van der Waals surface area (Å²) in [5, 5.41) is 5.26. The fourth-order valence-electron chi connectivity index (χ4n) is 2.50. The molecule has 9 heteroatoms. The van der Waals surface area contributed by atoms with Crippen LogP contribution in [0.2, 0.25) is 10.0 Å². The molecule has 0 bridgehead atoms. The molecule has 0 saturated carbocycles. The first-order chi connectivity index (χ1) is 13.5. The quantitative estimate of drug-likeness (QED) is 0.415. The molecule has 0 spiro atoms. The minimum Gasteiger partial charge on any atom is -0.490 e. The van der Waals surface area contributed by atoms with Gasteiger partial charge in [0.2, 0.25) is 5.91 Å². The Balaban J connectivity index is 1.61. The third-order valence-corrected chi connectivity index (χ3v) is 5.12. The molecular formula is C19H18Cl2N4O2S. The van der Waals surface area contributed by atoms with Crippen LogP contribution in [0.25, 0.3) is 10.2 Å². The minimum atomic E-state index is -0.242. The van der Waals surface area contributed by atoms with Crippen molar-refractivity contribution in [3.63, 3.8) is 0 Å². The van der Waals surface area contributed by atoms with Crippen LogP contribution in [0.15, 0.2) is 35.4 Å². The summed E-state index contributed by atoms with van der Waals surface area (Å²) in [7, 11) is 0. The van der Waals surface area contributed by atoms with Gasteiger partial charge >= 0.3 is 0 Å². The van der Waals surface area contributed by atoms with Crippen LogP contribution in [0, 0.1) is 0 Å². The summed E-state index contributed by atoms with van der Waals surface area (Å²) in [6.45, 7) is 2.53. The largest absolute Gasteiger partial charge is 0.490 e. The van der Waals surface area contributed by atoms with Crippen LogP contribution < -0.4 is 15.9 Å². The number of thiazole rings is 1. The summed E-state index contributed by atoms with van der Waals surface area (Å²) < 4.78 is 6.47. The average Bonchev–Trinajstić information content (AvgIpc) is 3.00.